The van der Waals surface area contributed by atoms with Crippen LogP contribution in [-0.2, 0) is 0 Å². The Morgan fingerprint density at radius 3 is 2.71 bits per heavy atom. The Morgan fingerprint density at radius 1 is 1.41 bits per heavy atom. The Kier molecular flexibility index (Phi) is 4.94. The number of carbonyl (C=O) groups is 1. The lowest BCUT2D eigenvalue weighted by Gasteiger charge is -2.21. The minimum atomic E-state index is -1.10. The summed E-state index contributed by atoms with van der Waals surface area (Å²) in [6.07, 6.45) is 3.22. The van der Waals surface area contributed by atoms with Crippen LogP contribution in [0, 0.1) is 5.82 Å². The van der Waals surface area contributed by atoms with Crippen molar-refractivity contribution in [2.75, 3.05) is 18.5 Å². The maximum atomic E-state index is 13.0. The van der Waals surface area contributed by atoms with Crippen molar-refractivity contribution in [3.05, 3.63) is 29.6 Å². The van der Waals surface area contributed by atoms with E-state index in [1.807, 2.05) is 11.9 Å². The number of anilines is 1. The zero-order valence-electron chi connectivity index (χ0n) is 10.2. The summed E-state index contributed by atoms with van der Waals surface area (Å²) in [5.74, 6) is -1.62. The fourth-order valence-corrected chi connectivity index (χ4v) is 1.73. The maximum absolute atomic E-state index is 13.0. The van der Waals surface area contributed by atoms with E-state index in [0.717, 1.165) is 31.9 Å². The van der Waals surface area contributed by atoms with Gasteiger partial charge in [-0.1, -0.05) is 19.8 Å². The van der Waals surface area contributed by atoms with Gasteiger partial charge in [-0.05, 0) is 24.6 Å². The SMILES string of the molecule is CCCCCN(C)c1ccc(F)cc1C(=O)O. The first kappa shape index (κ1) is 13.5. The number of carboxylic acid groups (broad SMARTS) is 1. The molecule has 0 amide bonds. The smallest absolute Gasteiger partial charge is 0.337 e. The van der Waals surface area contributed by atoms with Crippen LogP contribution in [0.4, 0.5) is 10.1 Å². The summed E-state index contributed by atoms with van der Waals surface area (Å²) in [4.78, 5) is 12.9. The van der Waals surface area contributed by atoms with Crippen molar-refractivity contribution >= 4 is 11.7 Å². The molecule has 0 heterocycles. The van der Waals surface area contributed by atoms with Crippen LogP contribution in [0.5, 0.6) is 0 Å². The highest BCUT2D eigenvalue weighted by atomic mass is 19.1. The van der Waals surface area contributed by atoms with Crippen molar-refractivity contribution in [2.45, 2.75) is 26.2 Å². The van der Waals surface area contributed by atoms with E-state index in [4.69, 9.17) is 5.11 Å². The summed E-state index contributed by atoms with van der Waals surface area (Å²) >= 11 is 0. The van der Waals surface area contributed by atoms with Gasteiger partial charge in [0.25, 0.3) is 0 Å². The Bertz CT molecular complexity index is 393. The second-order valence-corrected chi connectivity index (χ2v) is 4.10. The van der Waals surface area contributed by atoms with E-state index in [0.29, 0.717) is 5.69 Å². The van der Waals surface area contributed by atoms with Gasteiger partial charge in [0.05, 0.1) is 11.3 Å². The summed E-state index contributed by atoms with van der Waals surface area (Å²) in [6, 6.07) is 3.87. The standard InChI is InChI=1S/C13H18FNO2/c1-3-4-5-8-15(2)12-7-6-10(14)9-11(12)13(16)17/h6-7,9H,3-5,8H2,1-2H3,(H,16,17). The van der Waals surface area contributed by atoms with Crippen LogP contribution in [-0.4, -0.2) is 24.7 Å². The van der Waals surface area contributed by atoms with E-state index in [2.05, 4.69) is 6.92 Å². The fourth-order valence-electron chi connectivity index (χ4n) is 1.73. The topological polar surface area (TPSA) is 40.5 Å². The van der Waals surface area contributed by atoms with E-state index in [1.54, 1.807) is 0 Å². The number of hydrogen-bond acceptors (Lipinski definition) is 2. The number of hydrogen-bond donors (Lipinski definition) is 1. The number of carboxylic acids is 1. The lowest BCUT2D eigenvalue weighted by Crippen LogP contribution is -2.21. The van der Waals surface area contributed by atoms with E-state index < -0.39 is 11.8 Å². The minimum absolute atomic E-state index is 0.0176. The maximum Gasteiger partial charge on any atom is 0.337 e. The van der Waals surface area contributed by atoms with Gasteiger partial charge in [-0.15, -0.1) is 0 Å². The van der Waals surface area contributed by atoms with Crippen LogP contribution >= 0.6 is 0 Å². The molecular formula is C13H18FNO2. The van der Waals surface area contributed by atoms with Crippen LogP contribution in [0.3, 0.4) is 0 Å². The van der Waals surface area contributed by atoms with Crippen molar-refractivity contribution in [1.29, 1.82) is 0 Å². The average Bonchev–Trinajstić information content (AvgIpc) is 2.29. The van der Waals surface area contributed by atoms with Gasteiger partial charge in [0.2, 0.25) is 0 Å². The van der Waals surface area contributed by atoms with Crippen LogP contribution in [0.25, 0.3) is 0 Å². The molecule has 1 aromatic rings. The van der Waals surface area contributed by atoms with Gasteiger partial charge in [0.1, 0.15) is 5.82 Å². The Labute approximate surface area is 101 Å². The van der Waals surface area contributed by atoms with E-state index in [-0.39, 0.29) is 5.56 Å². The summed E-state index contributed by atoms with van der Waals surface area (Å²) in [7, 11) is 1.83. The molecule has 0 aliphatic heterocycles. The third kappa shape index (κ3) is 3.73. The normalized spacial score (nSPS) is 10.3. The lowest BCUT2D eigenvalue weighted by molar-refractivity contribution is 0.0697. The monoisotopic (exact) mass is 239 g/mol. The summed E-state index contributed by atoms with van der Waals surface area (Å²) in [5, 5.41) is 9.02. The first-order chi connectivity index (χ1) is 8.06. The third-order valence-electron chi connectivity index (χ3n) is 2.70. The van der Waals surface area contributed by atoms with Gasteiger partial charge < -0.3 is 10.0 Å². The lowest BCUT2D eigenvalue weighted by atomic mass is 10.1. The molecule has 4 heteroatoms. The van der Waals surface area contributed by atoms with Crippen molar-refractivity contribution in [1.82, 2.24) is 0 Å². The molecule has 0 unspecified atom stereocenters. The highest BCUT2D eigenvalue weighted by Gasteiger charge is 2.14. The molecule has 0 saturated heterocycles. The Morgan fingerprint density at radius 2 is 2.12 bits per heavy atom. The number of aromatic carboxylic acids is 1. The van der Waals surface area contributed by atoms with E-state index in [1.165, 1.54) is 12.1 Å². The second kappa shape index (κ2) is 6.23. The van der Waals surface area contributed by atoms with Crippen LogP contribution < -0.4 is 4.90 Å². The molecule has 0 atom stereocenters. The molecule has 17 heavy (non-hydrogen) atoms. The first-order valence-electron chi connectivity index (χ1n) is 5.80. The molecule has 0 fully saturated rings. The van der Waals surface area contributed by atoms with Crippen molar-refractivity contribution in [2.24, 2.45) is 0 Å². The number of nitrogens with zero attached hydrogens (tertiary/aromatic N) is 1. The molecule has 0 saturated carbocycles. The molecule has 0 aromatic heterocycles. The molecule has 94 valence electrons. The highest BCUT2D eigenvalue weighted by Crippen LogP contribution is 2.21. The van der Waals surface area contributed by atoms with Gasteiger partial charge in [0.15, 0.2) is 0 Å². The molecule has 3 nitrogen and oxygen atoms in total. The molecule has 1 N–H and O–H groups in total. The number of halogens is 1. The zero-order chi connectivity index (χ0) is 12.8. The van der Waals surface area contributed by atoms with Crippen LogP contribution in [0.15, 0.2) is 18.2 Å². The van der Waals surface area contributed by atoms with Crippen molar-refractivity contribution in [3.8, 4) is 0 Å². The largest absolute Gasteiger partial charge is 0.478 e. The predicted octanol–water partition coefficient (Wildman–Crippen LogP) is 3.15. The Hall–Kier alpha value is -1.58. The third-order valence-corrected chi connectivity index (χ3v) is 2.70. The van der Waals surface area contributed by atoms with Gasteiger partial charge in [0, 0.05) is 13.6 Å². The summed E-state index contributed by atoms with van der Waals surface area (Å²) in [5.41, 5.74) is 0.582. The first-order valence-corrected chi connectivity index (χ1v) is 5.80. The molecule has 1 rings (SSSR count). The highest BCUT2D eigenvalue weighted by molar-refractivity contribution is 5.94. The van der Waals surface area contributed by atoms with E-state index >= 15 is 0 Å². The number of rotatable bonds is 6. The molecule has 0 radical (unpaired) electrons. The number of unbranched alkanes of at least 4 members (excludes halogenated alkanes) is 2. The van der Waals surface area contributed by atoms with Crippen LogP contribution in [0.2, 0.25) is 0 Å². The van der Waals surface area contributed by atoms with Gasteiger partial charge in [-0.3, -0.25) is 0 Å². The van der Waals surface area contributed by atoms with Gasteiger partial charge >= 0.3 is 5.97 Å². The second-order valence-electron chi connectivity index (χ2n) is 4.10. The molecule has 0 bridgehead atoms. The molecular weight excluding hydrogens is 221 g/mol. The van der Waals surface area contributed by atoms with Crippen molar-refractivity contribution in [3.63, 3.8) is 0 Å². The summed E-state index contributed by atoms with van der Waals surface area (Å²) < 4.78 is 13.0. The Balaban J connectivity index is 2.84. The predicted molar refractivity (Wildman–Crippen MR) is 66.2 cm³/mol. The minimum Gasteiger partial charge on any atom is -0.478 e. The van der Waals surface area contributed by atoms with Crippen LogP contribution in [0.1, 0.15) is 36.5 Å². The summed E-state index contributed by atoms with van der Waals surface area (Å²) in [6.45, 7) is 2.89. The molecule has 0 aliphatic carbocycles. The van der Waals surface area contributed by atoms with Gasteiger partial charge in [-0.2, -0.15) is 0 Å². The quantitative estimate of drug-likeness (QED) is 0.775. The molecule has 0 aliphatic rings. The average molecular weight is 239 g/mol. The fraction of sp³-hybridized carbons (Fsp3) is 0.462. The molecule has 1 aromatic carbocycles. The number of benzene rings is 1. The molecule has 0 spiro atoms. The zero-order valence-corrected chi connectivity index (χ0v) is 10.2. The van der Waals surface area contributed by atoms with Crippen molar-refractivity contribution < 1.29 is 14.3 Å². The van der Waals surface area contributed by atoms with Gasteiger partial charge in [-0.25, -0.2) is 9.18 Å². The van der Waals surface area contributed by atoms with E-state index in [9.17, 15) is 9.18 Å².